The Morgan fingerprint density at radius 1 is 1.07 bits per heavy atom. The van der Waals surface area contributed by atoms with Gasteiger partial charge in [-0.2, -0.15) is 4.31 Å². The van der Waals surface area contributed by atoms with Gasteiger partial charge < -0.3 is 9.64 Å². The molecule has 1 amide bonds. The third kappa shape index (κ3) is 5.50. The van der Waals surface area contributed by atoms with Crippen molar-refractivity contribution in [2.45, 2.75) is 24.7 Å². The second-order valence-corrected chi connectivity index (χ2v) is 9.30. The molecule has 0 spiro atoms. The number of aryl methyl sites for hydroxylation is 1. The molecule has 1 aliphatic rings. The fourth-order valence-corrected chi connectivity index (χ4v) is 5.16. The van der Waals surface area contributed by atoms with Crippen molar-refractivity contribution in [2.75, 3.05) is 32.8 Å². The van der Waals surface area contributed by atoms with Gasteiger partial charge in [-0.15, -0.1) is 0 Å². The maximum atomic E-state index is 12.8. The molecular formula is C21H25ClN2O4S. The SMILES string of the molecule is Cc1cccc(OCCCC(=O)N2CCN(S(=O)(=O)c3ccccc3Cl)CC2)c1. The minimum Gasteiger partial charge on any atom is -0.494 e. The van der Waals surface area contributed by atoms with Crippen molar-refractivity contribution >= 4 is 27.5 Å². The van der Waals surface area contributed by atoms with E-state index in [0.717, 1.165) is 11.3 Å². The summed E-state index contributed by atoms with van der Waals surface area (Å²) in [5, 5.41) is 0.208. The van der Waals surface area contributed by atoms with E-state index in [4.69, 9.17) is 16.3 Å². The van der Waals surface area contributed by atoms with Crippen LogP contribution in [0.4, 0.5) is 0 Å². The van der Waals surface area contributed by atoms with Crippen LogP contribution in [0.1, 0.15) is 18.4 Å². The Morgan fingerprint density at radius 3 is 2.48 bits per heavy atom. The van der Waals surface area contributed by atoms with Gasteiger partial charge in [0.1, 0.15) is 10.6 Å². The van der Waals surface area contributed by atoms with E-state index in [-0.39, 0.29) is 28.9 Å². The van der Waals surface area contributed by atoms with Gasteiger partial charge in [-0.05, 0) is 43.2 Å². The molecule has 3 rings (SSSR count). The highest BCUT2D eigenvalue weighted by Gasteiger charge is 2.31. The lowest BCUT2D eigenvalue weighted by atomic mass is 10.2. The van der Waals surface area contributed by atoms with E-state index in [0.29, 0.717) is 32.5 Å². The number of benzene rings is 2. The molecule has 0 radical (unpaired) electrons. The van der Waals surface area contributed by atoms with E-state index in [2.05, 4.69) is 0 Å². The molecule has 1 saturated heterocycles. The number of hydrogen-bond acceptors (Lipinski definition) is 4. The highest BCUT2D eigenvalue weighted by Crippen LogP contribution is 2.25. The molecular weight excluding hydrogens is 412 g/mol. The molecule has 0 atom stereocenters. The molecule has 1 aliphatic heterocycles. The number of carbonyl (C=O) groups excluding carboxylic acids is 1. The third-order valence-electron chi connectivity index (χ3n) is 4.84. The summed E-state index contributed by atoms with van der Waals surface area (Å²) >= 11 is 6.05. The Morgan fingerprint density at radius 2 is 1.79 bits per heavy atom. The Labute approximate surface area is 177 Å². The van der Waals surface area contributed by atoms with Crippen LogP contribution in [0, 0.1) is 6.92 Å². The average Bonchev–Trinajstić information content (AvgIpc) is 2.71. The molecule has 0 saturated carbocycles. The number of nitrogens with zero attached hydrogens (tertiary/aromatic N) is 2. The van der Waals surface area contributed by atoms with Crippen LogP contribution in [0.25, 0.3) is 0 Å². The lowest BCUT2D eigenvalue weighted by Crippen LogP contribution is -2.50. The molecule has 1 fully saturated rings. The quantitative estimate of drug-likeness (QED) is 0.624. The number of rotatable bonds is 7. The maximum Gasteiger partial charge on any atom is 0.244 e. The smallest absolute Gasteiger partial charge is 0.244 e. The minimum absolute atomic E-state index is 0.0210. The predicted octanol–water partition coefficient (Wildman–Crippen LogP) is 3.34. The summed E-state index contributed by atoms with van der Waals surface area (Å²) in [6.07, 6.45) is 0.994. The van der Waals surface area contributed by atoms with Gasteiger partial charge in [0, 0.05) is 32.6 Å². The van der Waals surface area contributed by atoms with E-state index in [1.54, 1.807) is 23.1 Å². The van der Waals surface area contributed by atoms with Crippen LogP contribution >= 0.6 is 11.6 Å². The molecule has 0 N–H and O–H groups in total. The van der Waals surface area contributed by atoms with Crippen LogP contribution in [0.15, 0.2) is 53.4 Å². The van der Waals surface area contributed by atoms with Crippen molar-refractivity contribution in [1.29, 1.82) is 0 Å². The van der Waals surface area contributed by atoms with Crippen molar-refractivity contribution in [3.63, 3.8) is 0 Å². The Kier molecular flexibility index (Phi) is 7.16. The monoisotopic (exact) mass is 436 g/mol. The number of amides is 1. The van der Waals surface area contributed by atoms with Crippen LogP contribution in [0.5, 0.6) is 5.75 Å². The zero-order chi connectivity index (χ0) is 20.9. The average molecular weight is 437 g/mol. The summed E-state index contributed by atoms with van der Waals surface area (Å²) in [5.41, 5.74) is 1.13. The van der Waals surface area contributed by atoms with Crippen molar-refractivity contribution in [1.82, 2.24) is 9.21 Å². The van der Waals surface area contributed by atoms with Gasteiger partial charge in [0.25, 0.3) is 0 Å². The topological polar surface area (TPSA) is 66.9 Å². The van der Waals surface area contributed by atoms with E-state index in [1.807, 2.05) is 31.2 Å². The second kappa shape index (κ2) is 9.61. The summed E-state index contributed by atoms with van der Waals surface area (Å²) in [7, 11) is -3.65. The Balaban J connectivity index is 1.45. The summed E-state index contributed by atoms with van der Waals surface area (Å²) in [5.74, 6) is 0.823. The molecule has 6 nitrogen and oxygen atoms in total. The van der Waals surface area contributed by atoms with E-state index in [9.17, 15) is 13.2 Å². The standard InChI is InChI=1S/C21H25ClN2O4S/c1-17-6-4-7-18(16-17)28-15-5-10-21(25)23-11-13-24(14-12-23)29(26,27)20-9-3-2-8-19(20)22/h2-4,6-9,16H,5,10-15H2,1H3. The van der Waals surface area contributed by atoms with Crippen molar-refractivity contribution in [3.05, 3.63) is 59.1 Å². The van der Waals surface area contributed by atoms with Gasteiger partial charge in [-0.25, -0.2) is 8.42 Å². The van der Waals surface area contributed by atoms with Crippen molar-refractivity contribution in [3.8, 4) is 5.75 Å². The van der Waals surface area contributed by atoms with Gasteiger partial charge in [-0.1, -0.05) is 35.9 Å². The van der Waals surface area contributed by atoms with Crippen molar-refractivity contribution < 1.29 is 17.9 Å². The van der Waals surface area contributed by atoms with Crippen LogP contribution in [-0.2, 0) is 14.8 Å². The fraction of sp³-hybridized carbons (Fsp3) is 0.381. The molecule has 29 heavy (non-hydrogen) atoms. The lowest BCUT2D eigenvalue weighted by molar-refractivity contribution is -0.132. The zero-order valence-corrected chi connectivity index (χ0v) is 18.0. The molecule has 2 aromatic rings. The number of piperazine rings is 1. The molecule has 2 aromatic carbocycles. The molecule has 1 heterocycles. The Bertz CT molecular complexity index is 957. The number of halogens is 1. The van der Waals surface area contributed by atoms with Gasteiger partial charge in [0.15, 0.2) is 0 Å². The van der Waals surface area contributed by atoms with Crippen LogP contribution in [0.3, 0.4) is 0 Å². The largest absolute Gasteiger partial charge is 0.494 e. The molecule has 156 valence electrons. The molecule has 0 unspecified atom stereocenters. The number of ether oxygens (including phenoxy) is 1. The number of carbonyl (C=O) groups is 1. The zero-order valence-electron chi connectivity index (χ0n) is 16.4. The minimum atomic E-state index is -3.65. The Hall–Kier alpha value is -2.09. The van der Waals surface area contributed by atoms with Crippen LogP contribution < -0.4 is 4.74 Å². The molecule has 0 bridgehead atoms. The highest BCUT2D eigenvalue weighted by atomic mass is 35.5. The summed E-state index contributed by atoms with van der Waals surface area (Å²) in [4.78, 5) is 14.2. The van der Waals surface area contributed by atoms with Gasteiger partial charge in [0.05, 0.1) is 11.6 Å². The first-order valence-corrected chi connectivity index (χ1v) is 11.4. The maximum absolute atomic E-state index is 12.8. The molecule has 0 aromatic heterocycles. The van der Waals surface area contributed by atoms with E-state index < -0.39 is 10.0 Å². The van der Waals surface area contributed by atoms with Gasteiger partial charge in [0.2, 0.25) is 15.9 Å². The first-order valence-electron chi connectivity index (χ1n) is 9.60. The summed E-state index contributed by atoms with van der Waals surface area (Å²) < 4.78 is 32.6. The van der Waals surface area contributed by atoms with Gasteiger partial charge >= 0.3 is 0 Å². The highest BCUT2D eigenvalue weighted by molar-refractivity contribution is 7.89. The first-order chi connectivity index (χ1) is 13.9. The molecule has 8 heteroatoms. The third-order valence-corrected chi connectivity index (χ3v) is 7.24. The van der Waals surface area contributed by atoms with Crippen LogP contribution in [-0.4, -0.2) is 56.3 Å². The summed E-state index contributed by atoms with van der Waals surface area (Å²) in [6.45, 7) is 3.75. The second-order valence-electron chi connectivity index (χ2n) is 6.98. The van der Waals surface area contributed by atoms with E-state index >= 15 is 0 Å². The number of hydrogen-bond donors (Lipinski definition) is 0. The molecule has 0 aliphatic carbocycles. The first kappa shape index (κ1) is 21.6. The van der Waals surface area contributed by atoms with Crippen LogP contribution in [0.2, 0.25) is 5.02 Å². The fourth-order valence-electron chi connectivity index (χ4n) is 3.25. The van der Waals surface area contributed by atoms with Crippen molar-refractivity contribution in [2.24, 2.45) is 0 Å². The predicted molar refractivity (Wildman–Crippen MR) is 113 cm³/mol. The number of sulfonamides is 1. The van der Waals surface area contributed by atoms with E-state index in [1.165, 1.54) is 10.4 Å². The van der Waals surface area contributed by atoms with Gasteiger partial charge in [-0.3, -0.25) is 4.79 Å². The lowest BCUT2D eigenvalue weighted by Gasteiger charge is -2.34. The normalized spacial score (nSPS) is 15.3. The summed E-state index contributed by atoms with van der Waals surface area (Å²) in [6, 6.07) is 14.2.